The first-order chi connectivity index (χ1) is 12.6. The lowest BCUT2D eigenvalue weighted by atomic mass is 10.2. The number of Topliss-reactive ketones (excluding diaryl/α,β-unsaturated/α-hetero) is 1. The minimum absolute atomic E-state index is 0.137. The van der Waals surface area contributed by atoms with E-state index in [2.05, 4.69) is 66.0 Å². The van der Waals surface area contributed by atoms with Crippen LogP contribution in [0.1, 0.15) is 0 Å². The summed E-state index contributed by atoms with van der Waals surface area (Å²) in [5, 5.41) is 5.47. The minimum atomic E-state index is 0.137. The Kier molecular flexibility index (Phi) is 4.83. The first-order valence-electron chi connectivity index (χ1n) is 8.29. The van der Waals surface area contributed by atoms with Crippen molar-refractivity contribution in [3.8, 4) is 0 Å². The van der Waals surface area contributed by atoms with Gasteiger partial charge in [0.2, 0.25) is 0 Å². The van der Waals surface area contributed by atoms with Gasteiger partial charge in [0.25, 0.3) is 0 Å². The molecule has 0 amide bonds. The van der Waals surface area contributed by atoms with Crippen LogP contribution < -0.4 is 5.32 Å². The maximum absolute atomic E-state index is 12.6. The number of aromatic nitrogens is 1. The van der Waals surface area contributed by atoms with Crippen molar-refractivity contribution in [1.82, 2.24) is 4.57 Å². The van der Waals surface area contributed by atoms with Gasteiger partial charge in [-0.2, -0.15) is 0 Å². The second-order valence-electron chi connectivity index (χ2n) is 6.17. The van der Waals surface area contributed by atoms with Gasteiger partial charge in [0.1, 0.15) is 0 Å². The number of nitrogens with zero attached hydrogens (tertiary/aromatic N) is 1. The fraction of sp³-hybridized carbons (Fsp3) is 0.0952. The van der Waals surface area contributed by atoms with E-state index in [9.17, 15) is 4.79 Å². The van der Waals surface area contributed by atoms with E-state index < -0.39 is 0 Å². The second kappa shape index (κ2) is 7.25. The Balaban J connectivity index is 1.67. The number of carbonyl (C=O) groups is 1. The van der Waals surface area contributed by atoms with Crippen LogP contribution in [0.2, 0.25) is 0 Å². The zero-order valence-electron chi connectivity index (χ0n) is 13.9. The van der Waals surface area contributed by atoms with E-state index in [4.69, 9.17) is 0 Å². The van der Waals surface area contributed by atoms with Crippen molar-refractivity contribution in [3.05, 3.63) is 75.7 Å². The van der Waals surface area contributed by atoms with Crippen LogP contribution in [-0.4, -0.2) is 16.9 Å². The molecule has 1 heterocycles. The van der Waals surface area contributed by atoms with Crippen molar-refractivity contribution >= 4 is 65.1 Å². The van der Waals surface area contributed by atoms with E-state index in [1.54, 1.807) is 0 Å². The van der Waals surface area contributed by atoms with Crippen molar-refractivity contribution in [1.29, 1.82) is 0 Å². The van der Waals surface area contributed by atoms with Gasteiger partial charge in [0, 0.05) is 36.4 Å². The van der Waals surface area contributed by atoms with Crippen LogP contribution in [0.25, 0.3) is 21.8 Å². The predicted molar refractivity (Wildman–Crippen MR) is 115 cm³/mol. The quantitative estimate of drug-likeness (QED) is 0.387. The third kappa shape index (κ3) is 3.41. The van der Waals surface area contributed by atoms with Crippen LogP contribution in [0.5, 0.6) is 0 Å². The summed E-state index contributed by atoms with van der Waals surface area (Å²) in [5.41, 5.74) is 3.08. The molecular weight excluding hydrogens is 456 g/mol. The van der Waals surface area contributed by atoms with E-state index in [0.29, 0.717) is 13.1 Å². The molecule has 0 saturated carbocycles. The number of para-hydroxylation sites is 1. The Labute approximate surface area is 168 Å². The highest BCUT2D eigenvalue weighted by atomic mass is 79.9. The molecule has 0 atom stereocenters. The molecule has 3 aromatic carbocycles. The van der Waals surface area contributed by atoms with Gasteiger partial charge in [-0.3, -0.25) is 4.79 Å². The predicted octanol–water partition coefficient (Wildman–Crippen LogP) is 6.00. The lowest BCUT2D eigenvalue weighted by molar-refractivity contribution is -0.117. The molecule has 1 N–H and O–H groups in total. The largest absolute Gasteiger partial charge is 0.378 e. The van der Waals surface area contributed by atoms with Gasteiger partial charge in [-0.25, -0.2) is 0 Å². The van der Waals surface area contributed by atoms with E-state index >= 15 is 0 Å². The zero-order chi connectivity index (χ0) is 18.1. The summed E-state index contributed by atoms with van der Waals surface area (Å²) in [5.74, 6) is 0.137. The first kappa shape index (κ1) is 17.3. The van der Waals surface area contributed by atoms with Gasteiger partial charge in [0.05, 0.1) is 13.1 Å². The summed E-state index contributed by atoms with van der Waals surface area (Å²) in [6.07, 6.45) is 0. The number of fused-ring (bicyclic) bond motifs is 3. The molecule has 4 aromatic rings. The highest BCUT2D eigenvalue weighted by molar-refractivity contribution is 9.10. The molecule has 0 radical (unpaired) electrons. The van der Waals surface area contributed by atoms with Gasteiger partial charge in [-0.05, 0) is 48.5 Å². The molecule has 0 aliphatic carbocycles. The molecular formula is C21H16Br2N2O. The lowest BCUT2D eigenvalue weighted by Crippen LogP contribution is -2.19. The molecule has 0 saturated heterocycles. The Morgan fingerprint density at radius 2 is 1.42 bits per heavy atom. The molecule has 130 valence electrons. The van der Waals surface area contributed by atoms with Gasteiger partial charge < -0.3 is 9.88 Å². The molecule has 1 aromatic heterocycles. The molecule has 0 fully saturated rings. The molecule has 4 rings (SSSR count). The number of hydrogen-bond acceptors (Lipinski definition) is 2. The first-order valence-corrected chi connectivity index (χ1v) is 9.88. The fourth-order valence-electron chi connectivity index (χ4n) is 3.21. The molecule has 0 aliphatic heterocycles. The minimum Gasteiger partial charge on any atom is -0.378 e. The second-order valence-corrected chi connectivity index (χ2v) is 8.00. The summed E-state index contributed by atoms with van der Waals surface area (Å²) in [6.45, 7) is 0.640. The Morgan fingerprint density at radius 1 is 0.846 bits per heavy atom. The van der Waals surface area contributed by atoms with Crippen molar-refractivity contribution in [2.75, 3.05) is 11.9 Å². The van der Waals surface area contributed by atoms with Crippen molar-refractivity contribution in [3.63, 3.8) is 0 Å². The molecule has 0 unspecified atom stereocenters. The van der Waals surface area contributed by atoms with E-state index in [-0.39, 0.29) is 5.78 Å². The summed E-state index contributed by atoms with van der Waals surface area (Å²) >= 11 is 7.10. The normalized spacial score (nSPS) is 11.2. The van der Waals surface area contributed by atoms with Gasteiger partial charge in [0.15, 0.2) is 5.78 Å². The highest BCUT2D eigenvalue weighted by Crippen LogP contribution is 2.33. The molecule has 0 bridgehead atoms. The van der Waals surface area contributed by atoms with Crippen molar-refractivity contribution in [2.45, 2.75) is 6.54 Å². The van der Waals surface area contributed by atoms with Crippen molar-refractivity contribution in [2.24, 2.45) is 0 Å². The summed E-state index contributed by atoms with van der Waals surface area (Å²) < 4.78 is 4.15. The number of rotatable bonds is 5. The summed E-state index contributed by atoms with van der Waals surface area (Å²) in [4.78, 5) is 12.6. The number of nitrogens with one attached hydrogen (secondary N) is 1. The lowest BCUT2D eigenvalue weighted by Gasteiger charge is -2.09. The third-order valence-corrected chi connectivity index (χ3v) is 5.37. The number of hydrogen-bond donors (Lipinski definition) is 1. The number of anilines is 1. The summed E-state index contributed by atoms with van der Waals surface area (Å²) in [7, 11) is 0. The van der Waals surface area contributed by atoms with Crippen LogP contribution in [0.4, 0.5) is 5.69 Å². The van der Waals surface area contributed by atoms with Crippen LogP contribution in [0.15, 0.2) is 75.7 Å². The molecule has 0 spiro atoms. The van der Waals surface area contributed by atoms with Gasteiger partial charge in [-0.15, -0.1) is 0 Å². The number of ketones is 1. The topological polar surface area (TPSA) is 34.0 Å². The molecule has 0 aliphatic rings. The smallest absolute Gasteiger partial charge is 0.171 e. The molecule has 3 nitrogen and oxygen atoms in total. The average Bonchev–Trinajstić information content (AvgIpc) is 2.93. The Hall–Kier alpha value is -2.11. The van der Waals surface area contributed by atoms with Gasteiger partial charge >= 0.3 is 0 Å². The molecule has 5 heteroatoms. The summed E-state index contributed by atoms with van der Waals surface area (Å²) in [6, 6.07) is 22.1. The zero-order valence-corrected chi connectivity index (χ0v) is 17.0. The SMILES string of the molecule is O=C(CNc1ccccc1)Cn1c2ccc(Br)cc2c2cc(Br)ccc21. The van der Waals surface area contributed by atoms with Crippen LogP contribution in [-0.2, 0) is 11.3 Å². The number of carbonyl (C=O) groups excluding carboxylic acids is 1. The van der Waals surface area contributed by atoms with E-state index in [1.165, 1.54) is 0 Å². The molecule has 26 heavy (non-hydrogen) atoms. The monoisotopic (exact) mass is 470 g/mol. The Morgan fingerprint density at radius 3 is 2.00 bits per heavy atom. The van der Waals surface area contributed by atoms with Gasteiger partial charge in [-0.1, -0.05) is 50.1 Å². The van der Waals surface area contributed by atoms with Crippen molar-refractivity contribution < 1.29 is 4.79 Å². The van der Waals surface area contributed by atoms with E-state index in [0.717, 1.165) is 36.4 Å². The fourth-order valence-corrected chi connectivity index (χ4v) is 3.93. The van der Waals surface area contributed by atoms with Crippen LogP contribution >= 0.6 is 31.9 Å². The average molecular weight is 472 g/mol. The highest BCUT2D eigenvalue weighted by Gasteiger charge is 2.14. The van der Waals surface area contributed by atoms with E-state index in [1.807, 2.05) is 42.5 Å². The maximum Gasteiger partial charge on any atom is 0.171 e. The number of benzene rings is 3. The Bertz CT molecular complexity index is 1040. The maximum atomic E-state index is 12.6. The standard InChI is InChI=1S/C21H16Br2N2O/c22-14-6-8-20-18(10-14)19-11-15(23)7-9-21(19)25(20)13-17(26)12-24-16-4-2-1-3-5-16/h1-11,24H,12-13H2. The number of halogens is 2. The third-order valence-electron chi connectivity index (χ3n) is 4.39. The van der Waals surface area contributed by atoms with Crippen LogP contribution in [0.3, 0.4) is 0 Å². The van der Waals surface area contributed by atoms with Crippen LogP contribution in [0, 0.1) is 0 Å².